The van der Waals surface area contributed by atoms with Gasteiger partial charge in [-0.1, -0.05) is 25.1 Å². The number of rotatable bonds is 5. The number of amides is 1. The van der Waals surface area contributed by atoms with Gasteiger partial charge in [-0.2, -0.15) is 0 Å². The maximum atomic E-state index is 13.4. The summed E-state index contributed by atoms with van der Waals surface area (Å²) >= 11 is 0. The van der Waals surface area contributed by atoms with Crippen molar-refractivity contribution in [1.82, 2.24) is 9.97 Å². The molecule has 0 aliphatic rings. The van der Waals surface area contributed by atoms with Gasteiger partial charge < -0.3 is 10.6 Å². The van der Waals surface area contributed by atoms with E-state index in [4.69, 9.17) is 0 Å². The zero-order valence-corrected chi connectivity index (χ0v) is 14.9. The third-order valence-corrected chi connectivity index (χ3v) is 3.91. The highest BCUT2D eigenvalue weighted by atomic mass is 19.2. The van der Waals surface area contributed by atoms with Crippen molar-refractivity contribution in [3.05, 3.63) is 77.1 Å². The van der Waals surface area contributed by atoms with Crippen LogP contribution in [0.15, 0.2) is 48.5 Å². The summed E-state index contributed by atoms with van der Waals surface area (Å²) in [6.45, 7) is 3.72. The number of para-hydroxylation sites is 1. The van der Waals surface area contributed by atoms with E-state index in [1.54, 1.807) is 13.0 Å². The van der Waals surface area contributed by atoms with E-state index >= 15 is 0 Å². The second-order valence-electron chi connectivity index (χ2n) is 5.94. The number of halogens is 2. The van der Waals surface area contributed by atoms with Crippen LogP contribution in [0.5, 0.6) is 0 Å². The van der Waals surface area contributed by atoms with Crippen LogP contribution < -0.4 is 10.6 Å². The van der Waals surface area contributed by atoms with Crippen LogP contribution in [0.3, 0.4) is 0 Å². The standard InChI is InChI=1S/C20H18F2N4O/c1-3-13-6-4-5-7-17(13)25-19(27)18-10-12(2)23-20(26-18)24-14-8-9-15(21)16(22)11-14/h4-11H,3H2,1-2H3,(H,25,27)(H,23,24,26). The van der Waals surface area contributed by atoms with Gasteiger partial charge in [0.1, 0.15) is 5.69 Å². The van der Waals surface area contributed by atoms with Gasteiger partial charge in [0.15, 0.2) is 11.6 Å². The van der Waals surface area contributed by atoms with Gasteiger partial charge in [-0.3, -0.25) is 4.79 Å². The van der Waals surface area contributed by atoms with E-state index in [0.29, 0.717) is 5.69 Å². The smallest absolute Gasteiger partial charge is 0.274 e. The van der Waals surface area contributed by atoms with Gasteiger partial charge in [0.2, 0.25) is 5.95 Å². The lowest BCUT2D eigenvalue weighted by molar-refractivity contribution is 0.102. The number of nitrogens with zero attached hydrogens (tertiary/aromatic N) is 2. The molecule has 0 aliphatic carbocycles. The Kier molecular flexibility index (Phi) is 5.40. The molecule has 0 unspecified atom stereocenters. The maximum Gasteiger partial charge on any atom is 0.274 e. The van der Waals surface area contributed by atoms with Crippen molar-refractivity contribution < 1.29 is 13.6 Å². The predicted octanol–water partition coefficient (Wildman–Crippen LogP) is 4.62. The Balaban J connectivity index is 1.84. The monoisotopic (exact) mass is 368 g/mol. The molecule has 0 saturated carbocycles. The first kappa shape index (κ1) is 18.4. The summed E-state index contributed by atoms with van der Waals surface area (Å²) in [6, 6.07) is 12.4. The third-order valence-electron chi connectivity index (χ3n) is 3.91. The quantitative estimate of drug-likeness (QED) is 0.689. The molecule has 1 heterocycles. The van der Waals surface area contributed by atoms with Crippen molar-refractivity contribution in [3.8, 4) is 0 Å². The summed E-state index contributed by atoms with van der Waals surface area (Å²) in [5.41, 5.74) is 2.73. The second-order valence-corrected chi connectivity index (χ2v) is 5.94. The lowest BCUT2D eigenvalue weighted by atomic mass is 10.1. The Morgan fingerprint density at radius 2 is 1.81 bits per heavy atom. The van der Waals surface area contributed by atoms with Crippen molar-refractivity contribution in [3.63, 3.8) is 0 Å². The van der Waals surface area contributed by atoms with Crippen LogP contribution in [0.25, 0.3) is 0 Å². The summed E-state index contributed by atoms with van der Waals surface area (Å²) in [5.74, 6) is -2.19. The molecule has 2 aromatic carbocycles. The lowest BCUT2D eigenvalue weighted by Gasteiger charge is -2.11. The fourth-order valence-corrected chi connectivity index (χ4v) is 2.58. The first-order valence-corrected chi connectivity index (χ1v) is 8.43. The van der Waals surface area contributed by atoms with Gasteiger partial charge in [-0.05, 0) is 43.2 Å². The zero-order valence-electron chi connectivity index (χ0n) is 14.9. The van der Waals surface area contributed by atoms with Gasteiger partial charge in [0, 0.05) is 23.1 Å². The molecule has 27 heavy (non-hydrogen) atoms. The highest BCUT2D eigenvalue weighted by Crippen LogP contribution is 2.19. The summed E-state index contributed by atoms with van der Waals surface area (Å²) in [6.07, 6.45) is 0.780. The maximum absolute atomic E-state index is 13.4. The molecule has 0 atom stereocenters. The number of anilines is 3. The van der Waals surface area contributed by atoms with Crippen molar-refractivity contribution in [2.45, 2.75) is 20.3 Å². The van der Waals surface area contributed by atoms with E-state index in [-0.39, 0.29) is 23.2 Å². The number of aromatic nitrogens is 2. The molecule has 138 valence electrons. The SMILES string of the molecule is CCc1ccccc1NC(=O)c1cc(C)nc(Nc2ccc(F)c(F)c2)n1. The van der Waals surface area contributed by atoms with E-state index in [0.717, 1.165) is 29.8 Å². The van der Waals surface area contributed by atoms with Crippen LogP contribution in [0.1, 0.15) is 28.7 Å². The Bertz CT molecular complexity index is 991. The average molecular weight is 368 g/mol. The number of benzene rings is 2. The summed E-state index contributed by atoms with van der Waals surface area (Å²) in [7, 11) is 0. The fourth-order valence-electron chi connectivity index (χ4n) is 2.58. The number of hydrogen-bond donors (Lipinski definition) is 2. The van der Waals surface area contributed by atoms with E-state index in [9.17, 15) is 13.6 Å². The molecule has 0 saturated heterocycles. The van der Waals surface area contributed by atoms with Crippen LogP contribution in [-0.4, -0.2) is 15.9 Å². The normalized spacial score (nSPS) is 10.5. The molecule has 0 fully saturated rings. The first-order valence-electron chi connectivity index (χ1n) is 8.43. The highest BCUT2D eigenvalue weighted by Gasteiger charge is 2.13. The molecule has 7 heteroatoms. The highest BCUT2D eigenvalue weighted by molar-refractivity contribution is 6.03. The molecule has 0 spiro atoms. The van der Waals surface area contributed by atoms with E-state index < -0.39 is 11.6 Å². The number of carbonyl (C=O) groups excluding carboxylic acids is 1. The van der Waals surface area contributed by atoms with Crippen molar-refractivity contribution in [1.29, 1.82) is 0 Å². The molecule has 0 aliphatic heterocycles. The Labute approximate surface area is 155 Å². The number of hydrogen-bond acceptors (Lipinski definition) is 4. The molecular formula is C20H18F2N4O. The predicted molar refractivity (Wildman–Crippen MR) is 100 cm³/mol. The molecular weight excluding hydrogens is 350 g/mol. The number of aryl methyl sites for hydroxylation is 2. The minimum absolute atomic E-state index is 0.120. The first-order chi connectivity index (χ1) is 13.0. The van der Waals surface area contributed by atoms with Gasteiger partial charge in [-0.15, -0.1) is 0 Å². The van der Waals surface area contributed by atoms with Gasteiger partial charge in [-0.25, -0.2) is 18.7 Å². The van der Waals surface area contributed by atoms with Crippen molar-refractivity contribution >= 4 is 23.2 Å². The molecule has 3 rings (SSSR count). The number of nitrogens with one attached hydrogen (secondary N) is 2. The van der Waals surface area contributed by atoms with E-state index in [2.05, 4.69) is 20.6 Å². The van der Waals surface area contributed by atoms with E-state index in [1.807, 2.05) is 31.2 Å². The average Bonchev–Trinajstić information content (AvgIpc) is 2.64. The summed E-state index contributed by atoms with van der Waals surface area (Å²) < 4.78 is 26.4. The topological polar surface area (TPSA) is 66.9 Å². The molecule has 0 bridgehead atoms. The lowest BCUT2D eigenvalue weighted by Crippen LogP contribution is -2.16. The third kappa shape index (κ3) is 4.44. The molecule has 1 amide bonds. The Morgan fingerprint density at radius 3 is 2.56 bits per heavy atom. The zero-order chi connectivity index (χ0) is 19.4. The van der Waals surface area contributed by atoms with Gasteiger partial charge in [0.25, 0.3) is 5.91 Å². The molecule has 5 nitrogen and oxygen atoms in total. The molecule has 2 N–H and O–H groups in total. The van der Waals surface area contributed by atoms with Crippen LogP contribution in [0, 0.1) is 18.6 Å². The van der Waals surface area contributed by atoms with E-state index in [1.165, 1.54) is 6.07 Å². The second kappa shape index (κ2) is 7.90. The minimum Gasteiger partial charge on any atom is -0.324 e. The van der Waals surface area contributed by atoms with Crippen LogP contribution >= 0.6 is 0 Å². The van der Waals surface area contributed by atoms with Gasteiger partial charge in [0.05, 0.1) is 0 Å². The molecule has 1 aromatic heterocycles. The fraction of sp³-hybridized carbons (Fsp3) is 0.150. The molecule has 0 radical (unpaired) electrons. The Hall–Kier alpha value is -3.35. The minimum atomic E-state index is -0.984. The summed E-state index contributed by atoms with van der Waals surface area (Å²) in [5, 5.41) is 5.63. The Morgan fingerprint density at radius 1 is 1.04 bits per heavy atom. The largest absolute Gasteiger partial charge is 0.324 e. The number of carbonyl (C=O) groups is 1. The van der Waals surface area contributed by atoms with Crippen molar-refractivity contribution in [2.24, 2.45) is 0 Å². The molecule has 3 aromatic rings. The van der Waals surface area contributed by atoms with Gasteiger partial charge >= 0.3 is 0 Å². The van der Waals surface area contributed by atoms with Crippen molar-refractivity contribution in [2.75, 3.05) is 10.6 Å². The van der Waals surface area contributed by atoms with Crippen LogP contribution in [0.2, 0.25) is 0 Å². The summed E-state index contributed by atoms with van der Waals surface area (Å²) in [4.78, 5) is 21.0. The van der Waals surface area contributed by atoms with Crippen LogP contribution in [0.4, 0.5) is 26.1 Å². The van der Waals surface area contributed by atoms with Crippen LogP contribution in [-0.2, 0) is 6.42 Å².